The van der Waals surface area contributed by atoms with Gasteiger partial charge in [0.05, 0.1) is 13.5 Å². The number of methoxy groups -OCH3 is 1. The second-order valence-electron chi connectivity index (χ2n) is 6.79. The summed E-state index contributed by atoms with van der Waals surface area (Å²) in [6, 6.07) is 3.90. The van der Waals surface area contributed by atoms with E-state index in [-0.39, 0.29) is 12.3 Å². The van der Waals surface area contributed by atoms with E-state index in [9.17, 15) is 14.7 Å². The van der Waals surface area contributed by atoms with Gasteiger partial charge in [0.1, 0.15) is 11.3 Å². The quantitative estimate of drug-likeness (QED) is 0.812. The topological polar surface area (TPSA) is 75.6 Å². The predicted molar refractivity (Wildman–Crippen MR) is 92.4 cm³/mol. The summed E-state index contributed by atoms with van der Waals surface area (Å²) in [5.41, 5.74) is 1.74. The third-order valence-corrected chi connectivity index (χ3v) is 4.88. The maximum absolute atomic E-state index is 12.6. The fourth-order valence-corrected chi connectivity index (χ4v) is 3.56. The highest BCUT2D eigenvalue weighted by Gasteiger charge is 2.40. The molecule has 2 rings (SSSR count). The normalized spacial score (nSPS) is 17.0. The molecule has 1 aliphatic carbocycles. The lowest BCUT2D eigenvalue weighted by Crippen LogP contribution is -2.54. The Morgan fingerprint density at radius 2 is 1.79 bits per heavy atom. The molecule has 0 radical (unpaired) electrons. The smallest absolute Gasteiger partial charge is 0.329 e. The van der Waals surface area contributed by atoms with Crippen LogP contribution >= 0.6 is 0 Å². The third kappa shape index (κ3) is 4.08. The van der Waals surface area contributed by atoms with Crippen molar-refractivity contribution in [2.24, 2.45) is 0 Å². The number of aliphatic carboxylic acids is 1. The van der Waals surface area contributed by atoms with Gasteiger partial charge in [-0.15, -0.1) is 0 Å². The van der Waals surface area contributed by atoms with Crippen LogP contribution in [0.25, 0.3) is 0 Å². The van der Waals surface area contributed by atoms with Crippen LogP contribution in [0.5, 0.6) is 5.75 Å². The molecule has 0 spiro atoms. The number of carboxylic acids is 1. The Labute approximate surface area is 143 Å². The van der Waals surface area contributed by atoms with E-state index in [0.29, 0.717) is 18.6 Å². The molecule has 24 heavy (non-hydrogen) atoms. The van der Waals surface area contributed by atoms with Crippen LogP contribution in [0, 0.1) is 13.8 Å². The van der Waals surface area contributed by atoms with E-state index >= 15 is 0 Å². The molecule has 0 aromatic heterocycles. The summed E-state index contributed by atoms with van der Waals surface area (Å²) < 4.78 is 5.39. The maximum Gasteiger partial charge on any atom is 0.329 e. The first-order valence-corrected chi connectivity index (χ1v) is 8.56. The van der Waals surface area contributed by atoms with Gasteiger partial charge in [-0.05, 0) is 43.9 Å². The fraction of sp³-hybridized carbons (Fsp3) is 0.579. The Morgan fingerprint density at radius 1 is 1.17 bits per heavy atom. The highest BCUT2D eigenvalue weighted by Crippen LogP contribution is 2.29. The molecule has 1 amide bonds. The number of carbonyl (C=O) groups is 2. The van der Waals surface area contributed by atoms with Crippen LogP contribution in [-0.2, 0) is 16.0 Å². The summed E-state index contributed by atoms with van der Waals surface area (Å²) in [6.45, 7) is 3.92. The van der Waals surface area contributed by atoms with Crippen LogP contribution < -0.4 is 10.1 Å². The third-order valence-electron chi connectivity index (χ3n) is 4.88. The lowest BCUT2D eigenvalue weighted by Gasteiger charge is -2.29. The fourth-order valence-electron chi connectivity index (χ4n) is 3.56. The molecular formula is C19H27NO4. The minimum absolute atomic E-state index is 0.129. The molecule has 1 saturated carbocycles. The van der Waals surface area contributed by atoms with Gasteiger partial charge in [0.15, 0.2) is 0 Å². The summed E-state index contributed by atoms with van der Waals surface area (Å²) in [5, 5.41) is 12.5. The first kappa shape index (κ1) is 18.3. The van der Waals surface area contributed by atoms with Crippen molar-refractivity contribution < 1.29 is 19.4 Å². The van der Waals surface area contributed by atoms with Crippen LogP contribution in [0.2, 0.25) is 0 Å². The summed E-state index contributed by atoms with van der Waals surface area (Å²) in [5.74, 6) is -0.511. The number of amides is 1. The zero-order valence-corrected chi connectivity index (χ0v) is 14.8. The molecule has 5 heteroatoms. The van der Waals surface area contributed by atoms with Crippen LogP contribution in [-0.4, -0.2) is 29.6 Å². The average molecular weight is 333 g/mol. The second-order valence-corrected chi connectivity index (χ2v) is 6.79. The molecule has 0 saturated heterocycles. The van der Waals surface area contributed by atoms with Gasteiger partial charge in [0.2, 0.25) is 5.91 Å². The van der Waals surface area contributed by atoms with Crippen LogP contribution in [0.1, 0.15) is 55.2 Å². The number of benzene rings is 1. The van der Waals surface area contributed by atoms with Gasteiger partial charge in [-0.2, -0.15) is 0 Å². The van der Waals surface area contributed by atoms with E-state index in [4.69, 9.17) is 4.74 Å². The number of aryl methyl sites for hydroxylation is 2. The van der Waals surface area contributed by atoms with Gasteiger partial charge in [0.25, 0.3) is 0 Å². The van der Waals surface area contributed by atoms with E-state index in [2.05, 4.69) is 5.32 Å². The lowest BCUT2D eigenvalue weighted by atomic mass is 9.89. The van der Waals surface area contributed by atoms with Crippen molar-refractivity contribution in [2.45, 2.75) is 64.3 Å². The first-order chi connectivity index (χ1) is 11.4. The van der Waals surface area contributed by atoms with Crippen molar-refractivity contribution in [3.8, 4) is 5.75 Å². The van der Waals surface area contributed by atoms with Crippen LogP contribution in [0.3, 0.4) is 0 Å². The largest absolute Gasteiger partial charge is 0.496 e. The number of nitrogens with one attached hydrogen (secondary N) is 1. The molecule has 132 valence electrons. The molecule has 1 aromatic rings. The van der Waals surface area contributed by atoms with Crippen LogP contribution in [0.4, 0.5) is 0 Å². The Balaban J connectivity index is 2.19. The molecule has 1 aliphatic rings. The number of hydrogen-bond donors (Lipinski definition) is 2. The SMILES string of the molecule is COc1cc(C)cc(C)c1CC(=O)NC1(C(=O)O)CCCCCC1. The number of ether oxygens (including phenoxy) is 1. The molecule has 0 unspecified atom stereocenters. The van der Waals surface area contributed by atoms with Crippen molar-refractivity contribution >= 4 is 11.9 Å². The van der Waals surface area contributed by atoms with Crippen molar-refractivity contribution in [3.63, 3.8) is 0 Å². The maximum atomic E-state index is 12.6. The molecule has 1 fully saturated rings. The summed E-state index contributed by atoms with van der Waals surface area (Å²) >= 11 is 0. The van der Waals surface area contributed by atoms with Gasteiger partial charge in [-0.25, -0.2) is 4.79 Å². The Bertz CT molecular complexity index is 616. The molecule has 0 bridgehead atoms. The molecule has 2 N–H and O–H groups in total. The van der Waals surface area contributed by atoms with Crippen molar-refractivity contribution in [1.82, 2.24) is 5.32 Å². The Morgan fingerprint density at radius 3 is 2.33 bits per heavy atom. The van der Waals surface area contributed by atoms with Gasteiger partial charge in [0, 0.05) is 5.56 Å². The van der Waals surface area contributed by atoms with E-state index in [1.54, 1.807) is 7.11 Å². The minimum atomic E-state index is -1.13. The molecule has 0 heterocycles. The Kier molecular flexibility index (Phi) is 5.86. The molecule has 5 nitrogen and oxygen atoms in total. The van der Waals surface area contributed by atoms with Gasteiger partial charge in [-0.1, -0.05) is 31.7 Å². The van der Waals surface area contributed by atoms with Gasteiger partial charge >= 0.3 is 5.97 Å². The second kappa shape index (κ2) is 7.69. The zero-order chi connectivity index (χ0) is 17.7. The van der Waals surface area contributed by atoms with E-state index in [1.807, 2.05) is 26.0 Å². The predicted octanol–water partition coefficient (Wildman–Crippen LogP) is 3.15. The summed E-state index contributed by atoms with van der Waals surface area (Å²) in [4.78, 5) is 24.4. The Hall–Kier alpha value is -2.04. The molecular weight excluding hydrogens is 306 g/mol. The zero-order valence-electron chi connectivity index (χ0n) is 14.8. The van der Waals surface area contributed by atoms with E-state index in [1.165, 1.54) is 0 Å². The summed E-state index contributed by atoms with van der Waals surface area (Å²) in [6.07, 6.45) is 4.84. The van der Waals surface area contributed by atoms with E-state index in [0.717, 1.165) is 42.4 Å². The summed E-state index contributed by atoms with van der Waals surface area (Å²) in [7, 11) is 1.58. The molecule has 0 aliphatic heterocycles. The van der Waals surface area contributed by atoms with Crippen molar-refractivity contribution in [3.05, 3.63) is 28.8 Å². The highest BCUT2D eigenvalue weighted by molar-refractivity contribution is 5.88. The van der Waals surface area contributed by atoms with Gasteiger partial charge in [-0.3, -0.25) is 4.79 Å². The van der Waals surface area contributed by atoms with E-state index < -0.39 is 11.5 Å². The minimum Gasteiger partial charge on any atom is -0.496 e. The van der Waals surface area contributed by atoms with Crippen molar-refractivity contribution in [2.75, 3.05) is 7.11 Å². The highest BCUT2D eigenvalue weighted by atomic mass is 16.5. The number of carboxylic acid groups (broad SMARTS) is 1. The average Bonchev–Trinajstić information content (AvgIpc) is 2.76. The monoisotopic (exact) mass is 333 g/mol. The number of hydrogen-bond acceptors (Lipinski definition) is 3. The molecule has 0 atom stereocenters. The molecule has 1 aromatic carbocycles. The number of rotatable bonds is 5. The number of carbonyl (C=O) groups excluding carboxylic acids is 1. The lowest BCUT2D eigenvalue weighted by molar-refractivity contribution is -0.148. The van der Waals surface area contributed by atoms with Gasteiger partial charge < -0.3 is 15.2 Å². The van der Waals surface area contributed by atoms with Crippen LogP contribution in [0.15, 0.2) is 12.1 Å². The first-order valence-electron chi connectivity index (χ1n) is 8.56. The standard InChI is InChI=1S/C19H27NO4/c1-13-10-14(2)15(16(11-13)24-3)12-17(21)20-19(18(22)23)8-6-4-5-7-9-19/h10-11H,4-9,12H2,1-3H3,(H,20,21)(H,22,23). The van der Waals surface area contributed by atoms with Crippen molar-refractivity contribution in [1.29, 1.82) is 0 Å².